The summed E-state index contributed by atoms with van der Waals surface area (Å²) in [5, 5.41) is 2.86. The fraction of sp³-hybridized carbons (Fsp3) is 0.300. The Morgan fingerprint density at radius 3 is 2.29 bits per heavy atom. The maximum absolute atomic E-state index is 12.6. The highest BCUT2D eigenvalue weighted by Crippen LogP contribution is 2.19. The Morgan fingerprint density at radius 1 is 1.00 bits per heavy atom. The molecule has 2 rings (SSSR count). The molecule has 4 heteroatoms. The van der Waals surface area contributed by atoms with Gasteiger partial charge in [-0.1, -0.05) is 57.2 Å². The summed E-state index contributed by atoms with van der Waals surface area (Å²) in [4.78, 5) is 26.3. The van der Waals surface area contributed by atoms with E-state index in [0.29, 0.717) is 17.8 Å². The molecule has 0 atom stereocenters. The first kappa shape index (κ1) is 17.7. The first-order chi connectivity index (χ1) is 11.3. The van der Waals surface area contributed by atoms with Gasteiger partial charge in [-0.25, -0.2) is 0 Å². The van der Waals surface area contributed by atoms with Crippen LogP contribution in [0.4, 0.5) is 5.69 Å². The molecule has 0 bridgehead atoms. The van der Waals surface area contributed by atoms with Gasteiger partial charge in [-0.15, -0.1) is 0 Å². The molecule has 0 heterocycles. The second-order valence-corrected chi connectivity index (χ2v) is 6.93. The van der Waals surface area contributed by atoms with Crippen LogP contribution in [0.2, 0.25) is 0 Å². The molecule has 0 radical (unpaired) electrons. The van der Waals surface area contributed by atoms with Crippen LogP contribution >= 0.6 is 0 Å². The summed E-state index contributed by atoms with van der Waals surface area (Å²) < 4.78 is 0. The summed E-state index contributed by atoms with van der Waals surface area (Å²) in [6, 6.07) is 16.9. The lowest BCUT2D eigenvalue weighted by Gasteiger charge is -2.19. The fourth-order valence-corrected chi connectivity index (χ4v) is 2.20. The molecule has 0 aromatic heterocycles. The number of benzene rings is 2. The van der Waals surface area contributed by atoms with Crippen molar-refractivity contribution in [1.29, 1.82) is 0 Å². The highest BCUT2D eigenvalue weighted by atomic mass is 16.2. The quantitative estimate of drug-likeness (QED) is 0.926. The lowest BCUT2D eigenvalue weighted by molar-refractivity contribution is -0.123. The SMILES string of the molecule is CN(Cc1ccccc1)C(=O)c1cccc(NC(=O)C(C)(C)C)c1. The average molecular weight is 324 g/mol. The van der Waals surface area contributed by atoms with E-state index in [2.05, 4.69) is 5.32 Å². The fourth-order valence-electron chi connectivity index (χ4n) is 2.20. The smallest absolute Gasteiger partial charge is 0.253 e. The molecular formula is C20H24N2O2. The van der Waals surface area contributed by atoms with Crippen LogP contribution in [0.1, 0.15) is 36.7 Å². The van der Waals surface area contributed by atoms with Gasteiger partial charge in [0.1, 0.15) is 0 Å². The van der Waals surface area contributed by atoms with Crippen molar-refractivity contribution in [3.05, 3.63) is 65.7 Å². The molecule has 0 unspecified atom stereocenters. The Kier molecular flexibility index (Phi) is 5.39. The first-order valence-corrected chi connectivity index (χ1v) is 7.98. The lowest BCUT2D eigenvalue weighted by Crippen LogP contribution is -2.28. The van der Waals surface area contributed by atoms with Crippen LogP contribution in [0, 0.1) is 5.41 Å². The van der Waals surface area contributed by atoms with Crippen LogP contribution in [0.25, 0.3) is 0 Å². The predicted octanol–water partition coefficient (Wildman–Crippen LogP) is 3.94. The van der Waals surface area contributed by atoms with Gasteiger partial charge in [0, 0.05) is 30.3 Å². The number of carbonyl (C=O) groups is 2. The van der Waals surface area contributed by atoms with Crippen molar-refractivity contribution in [3.8, 4) is 0 Å². The molecule has 2 amide bonds. The van der Waals surface area contributed by atoms with Gasteiger partial charge in [0.05, 0.1) is 0 Å². The highest BCUT2D eigenvalue weighted by Gasteiger charge is 2.21. The molecule has 2 aromatic rings. The summed E-state index contributed by atoms with van der Waals surface area (Å²) in [6.07, 6.45) is 0. The van der Waals surface area contributed by atoms with Crippen LogP contribution in [-0.2, 0) is 11.3 Å². The van der Waals surface area contributed by atoms with E-state index in [4.69, 9.17) is 0 Å². The van der Waals surface area contributed by atoms with Gasteiger partial charge in [0.25, 0.3) is 5.91 Å². The first-order valence-electron chi connectivity index (χ1n) is 7.98. The van der Waals surface area contributed by atoms with Gasteiger partial charge in [0.15, 0.2) is 0 Å². The molecule has 2 aromatic carbocycles. The minimum atomic E-state index is -0.482. The van der Waals surface area contributed by atoms with Crippen LogP contribution < -0.4 is 5.32 Å². The highest BCUT2D eigenvalue weighted by molar-refractivity contribution is 5.98. The zero-order chi connectivity index (χ0) is 17.7. The summed E-state index contributed by atoms with van der Waals surface area (Å²) in [5.74, 6) is -0.157. The standard InChI is InChI=1S/C20H24N2O2/c1-20(2,3)19(24)21-17-12-8-11-16(13-17)18(23)22(4)14-15-9-6-5-7-10-15/h5-13H,14H2,1-4H3,(H,21,24). The lowest BCUT2D eigenvalue weighted by atomic mass is 9.95. The van der Waals surface area contributed by atoms with E-state index in [1.54, 1.807) is 36.2 Å². The molecule has 0 fully saturated rings. The zero-order valence-electron chi connectivity index (χ0n) is 14.7. The Balaban J connectivity index is 2.10. The molecule has 0 aliphatic heterocycles. The zero-order valence-corrected chi connectivity index (χ0v) is 14.7. The van der Waals surface area contributed by atoms with E-state index in [1.165, 1.54) is 0 Å². The van der Waals surface area contributed by atoms with Crippen molar-refractivity contribution in [2.45, 2.75) is 27.3 Å². The molecular weight excluding hydrogens is 300 g/mol. The van der Waals surface area contributed by atoms with E-state index < -0.39 is 5.41 Å². The average Bonchev–Trinajstić information content (AvgIpc) is 2.54. The molecule has 24 heavy (non-hydrogen) atoms. The van der Waals surface area contributed by atoms with E-state index in [-0.39, 0.29) is 11.8 Å². The number of nitrogens with zero attached hydrogens (tertiary/aromatic N) is 1. The Hall–Kier alpha value is -2.62. The maximum atomic E-state index is 12.6. The van der Waals surface area contributed by atoms with Gasteiger partial charge in [0.2, 0.25) is 5.91 Å². The largest absolute Gasteiger partial charge is 0.337 e. The van der Waals surface area contributed by atoms with E-state index in [9.17, 15) is 9.59 Å². The van der Waals surface area contributed by atoms with Crippen molar-refractivity contribution < 1.29 is 9.59 Å². The summed E-state index contributed by atoms with van der Waals surface area (Å²) in [6.45, 7) is 6.10. The molecule has 0 saturated carbocycles. The topological polar surface area (TPSA) is 49.4 Å². The van der Waals surface area contributed by atoms with Gasteiger partial charge in [-0.2, -0.15) is 0 Å². The Labute approximate surface area is 143 Å². The third kappa shape index (κ3) is 4.69. The van der Waals surface area contributed by atoms with Crippen molar-refractivity contribution >= 4 is 17.5 Å². The van der Waals surface area contributed by atoms with E-state index in [0.717, 1.165) is 5.56 Å². The van der Waals surface area contributed by atoms with E-state index >= 15 is 0 Å². The maximum Gasteiger partial charge on any atom is 0.253 e. The number of nitrogens with one attached hydrogen (secondary N) is 1. The van der Waals surface area contributed by atoms with Crippen molar-refractivity contribution in [1.82, 2.24) is 4.90 Å². The van der Waals surface area contributed by atoms with E-state index in [1.807, 2.05) is 51.1 Å². The number of hydrogen-bond acceptors (Lipinski definition) is 2. The van der Waals surface area contributed by atoms with Crippen molar-refractivity contribution in [2.24, 2.45) is 5.41 Å². The normalized spacial score (nSPS) is 11.0. The van der Waals surface area contributed by atoms with Crippen molar-refractivity contribution in [3.63, 3.8) is 0 Å². The van der Waals surface area contributed by atoms with Gasteiger partial charge in [-0.3, -0.25) is 9.59 Å². The number of anilines is 1. The van der Waals surface area contributed by atoms with Crippen molar-refractivity contribution in [2.75, 3.05) is 12.4 Å². The second kappa shape index (κ2) is 7.30. The molecule has 0 aliphatic rings. The summed E-state index contributed by atoms with van der Waals surface area (Å²) in [5.41, 5.74) is 1.78. The van der Waals surface area contributed by atoms with Gasteiger partial charge >= 0.3 is 0 Å². The molecule has 0 spiro atoms. The Bertz CT molecular complexity index is 718. The molecule has 1 N–H and O–H groups in total. The molecule has 126 valence electrons. The third-order valence-electron chi connectivity index (χ3n) is 3.66. The minimum absolute atomic E-state index is 0.0780. The van der Waals surface area contributed by atoms with Gasteiger partial charge in [-0.05, 0) is 23.8 Å². The number of carbonyl (C=O) groups excluding carboxylic acids is 2. The minimum Gasteiger partial charge on any atom is -0.337 e. The monoisotopic (exact) mass is 324 g/mol. The van der Waals surface area contributed by atoms with Gasteiger partial charge < -0.3 is 10.2 Å². The molecule has 0 aliphatic carbocycles. The molecule has 0 saturated heterocycles. The summed E-state index contributed by atoms with van der Waals surface area (Å²) >= 11 is 0. The molecule has 4 nitrogen and oxygen atoms in total. The van der Waals surface area contributed by atoms with Crippen LogP contribution in [0.3, 0.4) is 0 Å². The predicted molar refractivity (Wildman–Crippen MR) is 96.8 cm³/mol. The number of hydrogen-bond donors (Lipinski definition) is 1. The van der Waals surface area contributed by atoms with Crippen LogP contribution in [-0.4, -0.2) is 23.8 Å². The van der Waals surface area contributed by atoms with Crippen LogP contribution in [0.5, 0.6) is 0 Å². The number of rotatable bonds is 4. The summed E-state index contributed by atoms with van der Waals surface area (Å²) in [7, 11) is 1.77. The third-order valence-corrected chi connectivity index (χ3v) is 3.66. The van der Waals surface area contributed by atoms with Crippen LogP contribution in [0.15, 0.2) is 54.6 Å². The second-order valence-electron chi connectivity index (χ2n) is 6.93. The Morgan fingerprint density at radius 2 is 1.67 bits per heavy atom. The number of amides is 2.